The number of nitrogens with one attached hydrogen (secondary N) is 1. The standard InChI is InChI=1S/C23H26FN3OS/c1-16-22(29-21(26-16)14-18-9-11-19(24)12-10-18)23(28)25-15-20(27(2)3)13-17-7-5-4-6-8-17/h4-12,20H,13-15H2,1-3H3,(H,25,28). The number of thiazole rings is 1. The van der Waals surface area contributed by atoms with Crippen LogP contribution in [0, 0.1) is 12.7 Å². The van der Waals surface area contributed by atoms with E-state index in [0.717, 1.165) is 22.7 Å². The van der Waals surface area contributed by atoms with Gasteiger partial charge >= 0.3 is 0 Å². The Morgan fingerprint density at radius 3 is 2.45 bits per heavy atom. The number of carbonyl (C=O) groups is 1. The maximum Gasteiger partial charge on any atom is 0.263 e. The van der Waals surface area contributed by atoms with Gasteiger partial charge in [0.25, 0.3) is 5.91 Å². The molecule has 0 saturated heterocycles. The van der Waals surface area contributed by atoms with E-state index in [1.54, 1.807) is 12.1 Å². The molecule has 0 aliphatic rings. The number of aromatic nitrogens is 1. The molecule has 0 fully saturated rings. The second-order valence-electron chi connectivity index (χ2n) is 7.34. The topological polar surface area (TPSA) is 45.2 Å². The van der Waals surface area contributed by atoms with E-state index in [9.17, 15) is 9.18 Å². The molecular formula is C23H26FN3OS. The predicted molar refractivity (Wildman–Crippen MR) is 116 cm³/mol. The molecule has 1 unspecified atom stereocenters. The third-order valence-electron chi connectivity index (χ3n) is 4.86. The molecule has 1 amide bonds. The van der Waals surface area contributed by atoms with Gasteiger partial charge in [-0.15, -0.1) is 11.3 Å². The van der Waals surface area contributed by atoms with Crippen molar-refractivity contribution in [3.63, 3.8) is 0 Å². The number of benzene rings is 2. The van der Waals surface area contributed by atoms with Crippen LogP contribution in [-0.4, -0.2) is 42.5 Å². The third kappa shape index (κ3) is 5.95. The SMILES string of the molecule is Cc1nc(Cc2ccc(F)cc2)sc1C(=O)NCC(Cc1ccccc1)N(C)C. The van der Waals surface area contributed by atoms with Crippen LogP contribution in [0.5, 0.6) is 0 Å². The highest BCUT2D eigenvalue weighted by Crippen LogP contribution is 2.21. The highest BCUT2D eigenvalue weighted by Gasteiger charge is 2.18. The normalized spacial score (nSPS) is 12.2. The van der Waals surface area contributed by atoms with Crippen LogP contribution in [0.4, 0.5) is 4.39 Å². The van der Waals surface area contributed by atoms with Gasteiger partial charge in [-0.2, -0.15) is 0 Å². The second kappa shape index (κ2) is 9.76. The van der Waals surface area contributed by atoms with Gasteiger partial charge in [-0.3, -0.25) is 4.79 Å². The van der Waals surface area contributed by atoms with Crippen molar-refractivity contribution >= 4 is 17.2 Å². The van der Waals surface area contributed by atoms with E-state index in [1.807, 2.05) is 39.2 Å². The fourth-order valence-electron chi connectivity index (χ4n) is 3.13. The van der Waals surface area contributed by atoms with Crippen LogP contribution in [0.15, 0.2) is 54.6 Å². The summed E-state index contributed by atoms with van der Waals surface area (Å²) in [4.78, 5) is 20.0. The molecular weight excluding hydrogens is 385 g/mol. The molecule has 1 aromatic heterocycles. The van der Waals surface area contributed by atoms with Crippen molar-refractivity contribution < 1.29 is 9.18 Å². The Hall–Kier alpha value is -2.57. The summed E-state index contributed by atoms with van der Waals surface area (Å²) in [5.41, 5.74) is 2.95. The Morgan fingerprint density at radius 1 is 1.10 bits per heavy atom. The lowest BCUT2D eigenvalue weighted by Gasteiger charge is -2.24. The zero-order valence-corrected chi connectivity index (χ0v) is 17.8. The summed E-state index contributed by atoms with van der Waals surface area (Å²) in [6, 6.07) is 16.9. The van der Waals surface area contributed by atoms with Crippen molar-refractivity contribution in [3.8, 4) is 0 Å². The van der Waals surface area contributed by atoms with Crippen LogP contribution < -0.4 is 5.32 Å². The first-order valence-electron chi connectivity index (χ1n) is 9.61. The highest BCUT2D eigenvalue weighted by atomic mass is 32.1. The summed E-state index contributed by atoms with van der Waals surface area (Å²) in [5, 5.41) is 3.92. The van der Waals surface area contributed by atoms with Crippen LogP contribution in [0.3, 0.4) is 0 Å². The van der Waals surface area contributed by atoms with Gasteiger partial charge in [-0.05, 0) is 50.7 Å². The molecule has 3 rings (SSSR count). The van der Waals surface area contributed by atoms with Gasteiger partial charge in [0, 0.05) is 19.0 Å². The van der Waals surface area contributed by atoms with Gasteiger partial charge in [0.15, 0.2) is 0 Å². The quantitative estimate of drug-likeness (QED) is 0.607. The van der Waals surface area contributed by atoms with E-state index in [0.29, 0.717) is 17.8 Å². The highest BCUT2D eigenvalue weighted by molar-refractivity contribution is 7.13. The first-order chi connectivity index (χ1) is 13.9. The number of hydrogen-bond acceptors (Lipinski definition) is 4. The van der Waals surface area contributed by atoms with Gasteiger partial charge in [-0.1, -0.05) is 42.5 Å². The summed E-state index contributed by atoms with van der Waals surface area (Å²) >= 11 is 1.40. The smallest absolute Gasteiger partial charge is 0.263 e. The first-order valence-corrected chi connectivity index (χ1v) is 10.4. The minimum Gasteiger partial charge on any atom is -0.350 e. The first kappa shape index (κ1) is 21.1. The maximum absolute atomic E-state index is 13.1. The molecule has 6 heteroatoms. The van der Waals surface area contributed by atoms with Crippen molar-refractivity contribution in [2.45, 2.75) is 25.8 Å². The fourth-order valence-corrected chi connectivity index (χ4v) is 4.14. The lowest BCUT2D eigenvalue weighted by molar-refractivity contribution is 0.0945. The van der Waals surface area contributed by atoms with E-state index in [1.165, 1.54) is 29.0 Å². The molecule has 0 saturated carbocycles. The molecule has 0 aliphatic carbocycles. The van der Waals surface area contributed by atoms with E-state index in [2.05, 4.69) is 27.3 Å². The lowest BCUT2D eigenvalue weighted by atomic mass is 10.1. The van der Waals surface area contributed by atoms with Crippen LogP contribution in [0.25, 0.3) is 0 Å². The van der Waals surface area contributed by atoms with Gasteiger partial charge in [0.05, 0.1) is 10.7 Å². The Morgan fingerprint density at radius 2 is 1.79 bits per heavy atom. The molecule has 0 aliphatic heterocycles. The number of halogens is 1. The maximum atomic E-state index is 13.1. The van der Waals surface area contributed by atoms with Crippen molar-refractivity contribution in [3.05, 3.63) is 87.1 Å². The number of amides is 1. The number of nitrogens with zero attached hydrogens (tertiary/aromatic N) is 2. The number of likely N-dealkylation sites (N-methyl/N-ethyl adjacent to an activating group) is 1. The van der Waals surface area contributed by atoms with Crippen molar-refractivity contribution in [2.24, 2.45) is 0 Å². The van der Waals surface area contributed by atoms with Crippen LogP contribution in [0.1, 0.15) is 31.5 Å². The molecule has 1 N–H and O–H groups in total. The molecule has 3 aromatic rings. The Balaban J connectivity index is 1.62. The molecule has 0 spiro atoms. The Bertz CT molecular complexity index is 939. The number of carbonyl (C=O) groups excluding carboxylic acids is 1. The number of hydrogen-bond donors (Lipinski definition) is 1. The largest absolute Gasteiger partial charge is 0.350 e. The zero-order chi connectivity index (χ0) is 20.8. The second-order valence-corrected chi connectivity index (χ2v) is 8.43. The monoisotopic (exact) mass is 411 g/mol. The third-order valence-corrected chi connectivity index (χ3v) is 6.01. The van der Waals surface area contributed by atoms with E-state index in [4.69, 9.17) is 0 Å². The molecule has 152 valence electrons. The van der Waals surface area contributed by atoms with Gasteiger partial charge in [-0.25, -0.2) is 9.37 Å². The Labute approximate surface area is 175 Å². The van der Waals surface area contributed by atoms with Crippen molar-refractivity contribution in [1.29, 1.82) is 0 Å². The van der Waals surface area contributed by atoms with E-state index < -0.39 is 0 Å². The van der Waals surface area contributed by atoms with Gasteiger partial charge in [0.1, 0.15) is 10.7 Å². The average molecular weight is 412 g/mol. The molecule has 29 heavy (non-hydrogen) atoms. The summed E-state index contributed by atoms with van der Waals surface area (Å²) in [6.07, 6.45) is 1.46. The zero-order valence-electron chi connectivity index (χ0n) is 17.0. The lowest BCUT2D eigenvalue weighted by Crippen LogP contribution is -2.41. The number of rotatable bonds is 8. The van der Waals surface area contributed by atoms with Crippen LogP contribution in [0.2, 0.25) is 0 Å². The molecule has 0 bridgehead atoms. The molecule has 0 radical (unpaired) electrons. The van der Waals surface area contributed by atoms with E-state index in [-0.39, 0.29) is 17.8 Å². The summed E-state index contributed by atoms with van der Waals surface area (Å²) in [6.45, 7) is 2.42. The molecule has 1 atom stereocenters. The number of aryl methyl sites for hydroxylation is 1. The van der Waals surface area contributed by atoms with Crippen LogP contribution in [-0.2, 0) is 12.8 Å². The van der Waals surface area contributed by atoms with E-state index >= 15 is 0 Å². The average Bonchev–Trinajstić information content (AvgIpc) is 3.07. The Kier molecular flexibility index (Phi) is 7.12. The minimum absolute atomic E-state index is 0.0923. The van der Waals surface area contributed by atoms with Gasteiger partial charge < -0.3 is 10.2 Å². The molecule has 1 heterocycles. The minimum atomic E-state index is -0.255. The summed E-state index contributed by atoms with van der Waals surface area (Å²) in [5.74, 6) is -0.347. The van der Waals surface area contributed by atoms with Crippen molar-refractivity contribution in [2.75, 3.05) is 20.6 Å². The van der Waals surface area contributed by atoms with Crippen molar-refractivity contribution in [1.82, 2.24) is 15.2 Å². The summed E-state index contributed by atoms with van der Waals surface area (Å²) < 4.78 is 13.1. The fraction of sp³-hybridized carbons (Fsp3) is 0.304. The van der Waals surface area contributed by atoms with Gasteiger partial charge in [0.2, 0.25) is 0 Å². The summed E-state index contributed by atoms with van der Waals surface area (Å²) in [7, 11) is 4.05. The molecule has 4 nitrogen and oxygen atoms in total. The van der Waals surface area contributed by atoms with Crippen LogP contribution >= 0.6 is 11.3 Å². The molecule has 2 aromatic carbocycles. The predicted octanol–water partition coefficient (Wildman–Crippen LogP) is 4.08.